The first-order chi connectivity index (χ1) is 8.54. The zero-order valence-electron chi connectivity index (χ0n) is 9.92. The van der Waals surface area contributed by atoms with E-state index in [1.54, 1.807) is 6.08 Å². The van der Waals surface area contributed by atoms with E-state index in [0.717, 1.165) is 12.8 Å². The van der Waals surface area contributed by atoms with Crippen molar-refractivity contribution in [3.63, 3.8) is 0 Å². The number of amides is 3. The monoisotopic (exact) mass is 256 g/mol. The summed E-state index contributed by atoms with van der Waals surface area (Å²) in [7, 11) is 0. The van der Waals surface area contributed by atoms with Crippen LogP contribution in [0.3, 0.4) is 0 Å². The molecule has 0 spiro atoms. The Morgan fingerprint density at radius 1 is 1.39 bits per heavy atom. The molecule has 0 bridgehead atoms. The molecular weight excluding hydrogens is 240 g/mol. The van der Waals surface area contributed by atoms with Gasteiger partial charge in [0.1, 0.15) is 13.2 Å². The van der Waals surface area contributed by atoms with E-state index in [9.17, 15) is 14.4 Å². The van der Waals surface area contributed by atoms with Crippen LogP contribution in [0.15, 0.2) is 12.7 Å². The van der Waals surface area contributed by atoms with E-state index in [2.05, 4.69) is 16.6 Å². The Balaban J connectivity index is 2.30. The first-order valence-electron chi connectivity index (χ1n) is 5.55. The molecule has 0 heterocycles. The Kier molecular flexibility index (Phi) is 5.31. The van der Waals surface area contributed by atoms with Gasteiger partial charge >= 0.3 is 12.0 Å². The van der Waals surface area contributed by atoms with Crippen LogP contribution >= 0.6 is 0 Å². The van der Waals surface area contributed by atoms with Gasteiger partial charge in [0.25, 0.3) is 5.91 Å². The fraction of sp³-hybridized carbons (Fsp3) is 0.545. The van der Waals surface area contributed by atoms with E-state index in [1.807, 2.05) is 0 Å². The number of carbonyl (C=O) groups excluding carboxylic acids is 2. The minimum absolute atomic E-state index is 0.163. The van der Waals surface area contributed by atoms with Crippen molar-refractivity contribution in [2.45, 2.75) is 18.9 Å². The first-order valence-corrected chi connectivity index (χ1v) is 5.55. The second-order valence-corrected chi connectivity index (χ2v) is 3.91. The molecule has 7 nitrogen and oxygen atoms in total. The van der Waals surface area contributed by atoms with Crippen LogP contribution in [0.5, 0.6) is 0 Å². The molecule has 1 aliphatic carbocycles. The highest BCUT2D eigenvalue weighted by Gasteiger charge is 2.32. The summed E-state index contributed by atoms with van der Waals surface area (Å²) in [6.45, 7) is 2.90. The fourth-order valence-corrected chi connectivity index (χ4v) is 1.38. The summed E-state index contributed by atoms with van der Waals surface area (Å²) in [5, 5.41) is 10.4. The molecule has 3 amide bonds. The molecule has 1 rings (SSSR count). The third-order valence-electron chi connectivity index (χ3n) is 2.28. The molecule has 7 heteroatoms. The Labute approximate surface area is 104 Å². The minimum Gasteiger partial charge on any atom is -0.480 e. The van der Waals surface area contributed by atoms with Gasteiger partial charge in [-0.2, -0.15) is 0 Å². The predicted molar refractivity (Wildman–Crippen MR) is 61.9 cm³/mol. The van der Waals surface area contributed by atoms with Crippen LogP contribution in [0.4, 0.5) is 4.79 Å². The van der Waals surface area contributed by atoms with E-state index < -0.39 is 31.1 Å². The van der Waals surface area contributed by atoms with Gasteiger partial charge < -0.3 is 14.7 Å². The van der Waals surface area contributed by atoms with Gasteiger partial charge in [0, 0.05) is 12.6 Å². The molecule has 2 N–H and O–H groups in total. The lowest BCUT2D eigenvalue weighted by Crippen LogP contribution is -2.45. The number of hydrogen-bond acceptors (Lipinski definition) is 4. The number of ether oxygens (including phenoxy) is 1. The van der Waals surface area contributed by atoms with Crippen molar-refractivity contribution in [3.05, 3.63) is 12.7 Å². The molecule has 0 aromatic carbocycles. The van der Waals surface area contributed by atoms with Gasteiger partial charge in [-0.05, 0) is 12.8 Å². The maximum absolute atomic E-state index is 11.7. The number of nitrogens with zero attached hydrogens (tertiary/aromatic N) is 1. The number of carboxylic acids is 1. The summed E-state index contributed by atoms with van der Waals surface area (Å²) < 4.78 is 4.57. The lowest BCUT2D eigenvalue weighted by atomic mass is 10.4. The maximum atomic E-state index is 11.7. The van der Waals surface area contributed by atoms with Crippen molar-refractivity contribution < 1.29 is 24.2 Å². The van der Waals surface area contributed by atoms with Gasteiger partial charge in [-0.1, -0.05) is 6.08 Å². The van der Waals surface area contributed by atoms with Gasteiger partial charge in [-0.25, -0.2) is 9.59 Å². The van der Waals surface area contributed by atoms with Gasteiger partial charge in [0.05, 0.1) is 0 Å². The molecule has 1 fully saturated rings. The molecule has 0 radical (unpaired) electrons. The molecule has 0 saturated heterocycles. The summed E-state index contributed by atoms with van der Waals surface area (Å²) >= 11 is 0. The van der Waals surface area contributed by atoms with E-state index in [1.165, 1.54) is 4.90 Å². The number of nitrogens with one attached hydrogen (secondary N) is 1. The third kappa shape index (κ3) is 4.96. The number of hydrogen-bond donors (Lipinski definition) is 2. The van der Waals surface area contributed by atoms with Crippen molar-refractivity contribution in [2.24, 2.45) is 0 Å². The Bertz CT molecular complexity index is 351. The average molecular weight is 256 g/mol. The van der Waals surface area contributed by atoms with Crippen LogP contribution in [0.2, 0.25) is 0 Å². The molecule has 1 saturated carbocycles. The second-order valence-electron chi connectivity index (χ2n) is 3.91. The summed E-state index contributed by atoms with van der Waals surface area (Å²) in [5.41, 5.74) is 0. The normalized spacial score (nSPS) is 13.8. The number of carbonyl (C=O) groups is 3. The number of imide groups is 1. The summed E-state index contributed by atoms with van der Waals surface area (Å²) in [6.07, 6.45) is 3.43. The van der Waals surface area contributed by atoms with Gasteiger partial charge in [-0.3, -0.25) is 10.1 Å². The summed E-state index contributed by atoms with van der Waals surface area (Å²) in [6, 6.07) is -0.336. The van der Waals surface area contributed by atoms with E-state index >= 15 is 0 Å². The van der Waals surface area contributed by atoms with Crippen LogP contribution in [-0.2, 0) is 14.3 Å². The predicted octanol–water partition coefficient (Wildman–Crippen LogP) is -0.0258. The van der Waals surface area contributed by atoms with Crippen LogP contribution in [-0.4, -0.2) is 53.7 Å². The van der Waals surface area contributed by atoms with Gasteiger partial charge in [0.2, 0.25) is 0 Å². The van der Waals surface area contributed by atoms with Crippen LogP contribution in [0.25, 0.3) is 0 Å². The number of aliphatic carboxylic acids is 1. The topological polar surface area (TPSA) is 95.9 Å². The van der Waals surface area contributed by atoms with E-state index in [0.29, 0.717) is 6.54 Å². The van der Waals surface area contributed by atoms with Crippen molar-refractivity contribution in [1.29, 1.82) is 0 Å². The molecule has 100 valence electrons. The third-order valence-corrected chi connectivity index (χ3v) is 2.28. The molecule has 0 atom stereocenters. The van der Waals surface area contributed by atoms with Crippen molar-refractivity contribution in [1.82, 2.24) is 10.2 Å². The lowest BCUT2D eigenvalue weighted by Gasteiger charge is -2.20. The molecule has 0 aromatic rings. The highest BCUT2D eigenvalue weighted by atomic mass is 16.5. The lowest BCUT2D eigenvalue weighted by molar-refractivity contribution is -0.143. The van der Waals surface area contributed by atoms with Crippen LogP contribution in [0.1, 0.15) is 12.8 Å². The molecular formula is C11H16N2O5. The summed E-state index contributed by atoms with van der Waals surface area (Å²) in [4.78, 5) is 34.6. The van der Waals surface area contributed by atoms with E-state index in [4.69, 9.17) is 5.11 Å². The fourth-order valence-electron chi connectivity index (χ4n) is 1.38. The smallest absolute Gasteiger partial charge is 0.329 e. The first kappa shape index (κ1) is 14.2. The zero-order valence-corrected chi connectivity index (χ0v) is 9.92. The molecule has 18 heavy (non-hydrogen) atoms. The highest BCUT2D eigenvalue weighted by Crippen LogP contribution is 2.26. The Hall–Kier alpha value is -1.89. The SMILES string of the molecule is C=CCN(C(=O)NC(=O)COCC(=O)O)C1CC1. The van der Waals surface area contributed by atoms with Crippen LogP contribution < -0.4 is 5.32 Å². The highest BCUT2D eigenvalue weighted by molar-refractivity contribution is 5.95. The maximum Gasteiger partial charge on any atom is 0.329 e. The largest absolute Gasteiger partial charge is 0.480 e. The van der Waals surface area contributed by atoms with Gasteiger partial charge in [0.15, 0.2) is 0 Å². The van der Waals surface area contributed by atoms with Crippen molar-refractivity contribution >= 4 is 17.9 Å². The van der Waals surface area contributed by atoms with Crippen molar-refractivity contribution in [2.75, 3.05) is 19.8 Å². The number of urea groups is 1. The molecule has 0 unspecified atom stereocenters. The molecule has 1 aliphatic rings. The zero-order chi connectivity index (χ0) is 13.5. The summed E-state index contributed by atoms with van der Waals surface area (Å²) in [5.74, 6) is -1.82. The molecule has 0 aliphatic heterocycles. The number of carboxylic acid groups (broad SMARTS) is 1. The van der Waals surface area contributed by atoms with Crippen LogP contribution in [0, 0.1) is 0 Å². The quantitative estimate of drug-likeness (QED) is 0.624. The van der Waals surface area contributed by atoms with Gasteiger partial charge in [-0.15, -0.1) is 6.58 Å². The Morgan fingerprint density at radius 3 is 2.56 bits per heavy atom. The minimum atomic E-state index is -1.17. The number of rotatable bonds is 7. The second kappa shape index (κ2) is 6.75. The Morgan fingerprint density at radius 2 is 2.06 bits per heavy atom. The van der Waals surface area contributed by atoms with E-state index in [-0.39, 0.29) is 6.04 Å². The average Bonchev–Trinajstić information content (AvgIpc) is 3.08. The van der Waals surface area contributed by atoms with Crippen molar-refractivity contribution in [3.8, 4) is 0 Å². The standard InChI is InChI=1S/C11H16N2O5/c1-2-5-13(8-3-4-8)11(17)12-9(14)6-18-7-10(15)16/h2,8H,1,3-7H2,(H,15,16)(H,12,14,17). The molecule has 0 aromatic heterocycles.